The fourth-order valence-electron chi connectivity index (χ4n) is 1.23. The zero-order valence-corrected chi connectivity index (χ0v) is 10.9. The fraction of sp³-hybridized carbons (Fsp3) is 0.364. The van der Waals surface area contributed by atoms with E-state index in [-0.39, 0.29) is 16.9 Å². The van der Waals surface area contributed by atoms with Crippen LogP contribution in [-0.4, -0.2) is 11.9 Å². The molecule has 6 heteroatoms. The van der Waals surface area contributed by atoms with Gasteiger partial charge < -0.3 is 11.1 Å². The van der Waals surface area contributed by atoms with Gasteiger partial charge in [0.2, 0.25) is 5.91 Å². The summed E-state index contributed by atoms with van der Waals surface area (Å²) in [5.74, 6) is -2.15. The molecule has 0 saturated heterocycles. The SMILES string of the molecule is CCC(N)CC(=O)Nc1c(F)cc(Br)cc1F. The van der Waals surface area contributed by atoms with Crippen molar-refractivity contribution in [2.24, 2.45) is 5.73 Å². The summed E-state index contributed by atoms with van der Waals surface area (Å²) in [7, 11) is 0. The Labute approximate surface area is 107 Å². The quantitative estimate of drug-likeness (QED) is 0.898. The average molecular weight is 307 g/mol. The molecule has 0 spiro atoms. The molecule has 1 aromatic rings. The molecular weight excluding hydrogens is 294 g/mol. The number of nitrogens with one attached hydrogen (secondary N) is 1. The molecule has 17 heavy (non-hydrogen) atoms. The predicted molar refractivity (Wildman–Crippen MR) is 65.6 cm³/mol. The van der Waals surface area contributed by atoms with Crippen LogP contribution in [0, 0.1) is 11.6 Å². The maximum absolute atomic E-state index is 13.4. The lowest BCUT2D eigenvalue weighted by molar-refractivity contribution is -0.116. The van der Waals surface area contributed by atoms with E-state index in [1.54, 1.807) is 0 Å². The normalized spacial score (nSPS) is 12.3. The second-order valence-electron chi connectivity index (χ2n) is 3.67. The summed E-state index contributed by atoms with van der Waals surface area (Å²) in [5.41, 5.74) is 5.13. The van der Waals surface area contributed by atoms with Gasteiger partial charge in [0, 0.05) is 16.9 Å². The Hall–Kier alpha value is -1.01. The van der Waals surface area contributed by atoms with Crippen LogP contribution in [-0.2, 0) is 4.79 Å². The molecule has 94 valence electrons. The van der Waals surface area contributed by atoms with Crippen LogP contribution in [0.5, 0.6) is 0 Å². The number of amides is 1. The van der Waals surface area contributed by atoms with E-state index in [2.05, 4.69) is 21.2 Å². The van der Waals surface area contributed by atoms with Crippen molar-refractivity contribution in [3.05, 3.63) is 28.2 Å². The zero-order valence-electron chi connectivity index (χ0n) is 9.27. The lowest BCUT2D eigenvalue weighted by atomic mass is 10.1. The minimum atomic E-state index is -0.824. The number of benzene rings is 1. The van der Waals surface area contributed by atoms with Gasteiger partial charge in [0.15, 0.2) is 11.6 Å². The zero-order chi connectivity index (χ0) is 13.0. The minimum absolute atomic E-state index is 0.0332. The van der Waals surface area contributed by atoms with Gasteiger partial charge in [-0.2, -0.15) is 0 Å². The average Bonchev–Trinajstić information content (AvgIpc) is 2.23. The third kappa shape index (κ3) is 4.05. The van der Waals surface area contributed by atoms with E-state index in [0.717, 1.165) is 12.1 Å². The van der Waals surface area contributed by atoms with E-state index in [1.165, 1.54) is 0 Å². The fourth-order valence-corrected chi connectivity index (χ4v) is 1.64. The summed E-state index contributed by atoms with van der Waals surface area (Å²) < 4.78 is 27.0. The van der Waals surface area contributed by atoms with Crippen molar-refractivity contribution in [2.75, 3.05) is 5.32 Å². The molecule has 3 N–H and O–H groups in total. The number of halogens is 3. The summed E-state index contributed by atoms with van der Waals surface area (Å²) in [6.45, 7) is 1.83. The predicted octanol–water partition coefficient (Wildman–Crippen LogP) is 2.79. The van der Waals surface area contributed by atoms with Crippen molar-refractivity contribution in [3.63, 3.8) is 0 Å². The summed E-state index contributed by atoms with van der Waals surface area (Å²) in [6.07, 6.45) is 0.657. The molecule has 0 radical (unpaired) electrons. The number of hydrogen-bond donors (Lipinski definition) is 2. The molecule has 1 unspecified atom stereocenters. The molecule has 0 fully saturated rings. The Morgan fingerprint density at radius 2 is 2.00 bits per heavy atom. The summed E-state index contributed by atoms with van der Waals surface area (Å²) in [4.78, 5) is 11.4. The van der Waals surface area contributed by atoms with Crippen LogP contribution in [0.25, 0.3) is 0 Å². The van der Waals surface area contributed by atoms with Crippen molar-refractivity contribution in [3.8, 4) is 0 Å². The van der Waals surface area contributed by atoms with Crippen molar-refractivity contribution in [2.45, 2.75) is 25.8 Å². The monoisotopic (exact) mass is 306 g/mol. The van der Waals surface area contributed by atoms with Gasteiger partial charge in [0.05, 0.1) is 0 Å². The van der Waals surface area contributed by atoms with Gasteiger partial charge in [-0.3, -0.25) is 4.79 Å². The molecule has 1 rings (SSSR count). The minimum Gasteiger partial charge on any atom is -0.327 e. The molecule has 0 aliphatic carbocycles. The molecular formula is C11H13BrF2N2O. The third-order valence-corrected chi connectivity index (χ3v) is 2.70. The first-order valence-corrected chi connectivity index (χ1v) is 5.93. The molecule has 0 bridgehead atoms. The first-order chi connectivity index (χ1) is 7.93. The number of hydrogen-bond acceptors (Lipinski definition) is 2. The van der Waals surface area contributed by atoms with Crippen LogP contribution in [0.2, 0.25) is 0 Å². The van der Waals surface area contributed by atoms with Gasteiger partial charge in [0.25, 0.3) is 0 Å². The molecule has 1 aromatic carbocycles. The van der Waals surface area contributed by atoms with Gasteiger partial charge in [0.1, 0.15) is 5.69 Å². The van der Waals surface area contributed by atoms with Gasteiger partial charge >= 0.3 is 0 Å². The van der Waals surface area contributed by atoms with Crippen LogP contribution in [0.3, 0.4) is 0 Å². The van der Waals surface area contributed by atoms with Crippen LogP contribution in [0.4, 0.5) is 14.5 Å². The Bertz CT molecular complexity index is 403. The lowest BCUT2D eigenvalue weighted by Gasteiger charge is -2.11. The summed E-state index contributed by atoms with van der Waals surface area (Å²) >= 11 is 2.95. The van der Waals surface area contributed by atoms with Gasteiger partial charge in [-0.05, 0) is 18.6 Å². The Kier molecular flexibility index (Phi) is 5.02. The largest absolute Gasteiger partial charge is 0.327 e. The number of carbonyl (C=O) groups is 1. The lowest BCUT2D eigenvalue weighted by Crippen LogP contribution is -2.26. The van der Waals surface area contributed by atoms with Crippen LogP contribution in [0.1, 0.15) is 19.8 Å². The first-order valence-electron chi connectivity index (χ1n) is 5.14. The summed E-state index contributed by atoms with van der Waals surface area (Å²) in [6, 6.07) is 1.85. The van der Waals surface area contributed by atoms with E-state index in [0.29, 0.717) is 6.42 Å². The van der Waals surface area contributed by atoms with E-state index in [9.17, 15) is 13.6 Å². The molecule has 1 atom stereocenters. The number of rotatable bonds is 4. The Balaban J connectivity index is 2.78. The van der Waals surface area contributed by atoms with E-state index in [1.807, 2.05) is 6.92 Å². The molecule has 0 aromatic heterocycles. The van der Waals surface area contributed by atoms with Gasteiger partial charge in [-0.1, -0.05) is 22.9 Å². The van der Waals surface area contributed by atoms with Crippen LogP contribution < -0.4 is 11.1 Å². The van der Waals surface area contributed by atoms with E-state index in [4.69, 9.17) is 5.73 Å². The molecule has 1 amide bonds. The Morgan fingerprint density at radius 1 is 1.47 bits per heavy atom. The maximum Gasteiger partial charge on any atom is 0.226 e. The Morgan fingerprint density at radius 3 is 2.47 bits per heavy atom. The summed E-state index contributed by atoms with van der Waals surface area (Å²) in [5, 5.41) is 2.18. The van der Waals surface area contributed by atoms with Crippen molar-refractivity contribution >= 4 is 27.5 Å². The van der Waals surface area contributed by atoms with Crippen molar-refractivity contribution < 1.29 is 13.6 Å². The second-order valence-corrected chi connectivity index (χ2v) is 4.58. The number of nitrogens with two attached hydrogens (primary N) is 1. The van der Waals surface area contributed by atoms with Crippen LogP contribution in [0.15, 0.2) is 16.6 Å². The van der Waals surface area contributed by atoms with Crippen molar-refractivity contribution in [1.82, 2.24) is 0 Å². The second kappa shape index (κ2) is 6.07. The van der Waals surface area contributed by atoms with Gasteiger partial charge in [-0.25, -0.2) is 8.78 Å². The third-order valence-electron chi connectivity index (χ3n) is 2.24. The number of carbonyl (C=O) groups excluding carboxylic acids is 1. The highest BCUT2D eigenvalue weighted by Gasteiger charge is 2.15. The number of anilines is 1. The highest BCUT2D eigenvalue weighted by Crippen LogP contribution is 2.23. The molecule has 0 saturated carbocycles. The van der Waals surface area contributed by atoms with E-state index < -0.39 is 23.2 Å². The topological polar surface area (TPSA) is 55.1 Å². The van der Waals surface area contributed by atoms with Crippen molar-refractivity contribution in [1.29, 1.82) is 0 Å². The van der Waals surface area contributed by atoms with E-state index >= 15 is 0 Å². The molecule has 3 nitrogen and oxygen atoms in total. The standard InChI is InChI=1S/C11H13BrF2N2O/c1-2-7(15)5-10(17)16-11-8(13)3-6(12)4-9(11)14/h3-4,7H,2,5,15H2,1H3,(H,16,17). The molecule has 0 aliphatic rings. The smallest absolute Gasteiger partial charge is 0.226 e. The molecule has 0 heterocycles. The first kappa shape index (κ1) is 14.1. The maximum atomic E-state index is 13.4. The highest BCUT2D eigenvalue weighted by atomic mass is 79.9. The highest BCUT2D eigenvalue weighted by molar-refractivity contribution is 9.10. The molecule has 0 aliphatic heterocycles. The van der Waals surface area contributed by atoms with Gasteiger partial charge in [-0.15, -0.1) is 0 Å². The van der Waals surface area contributed by atoms with Crippen LogP contribution >= 0.6 is 15.9 Å².